The first-order chi connectivity index (χ1) is 26.5. The zero-order valence-corrected chi connectivity index (χ0v) is 32.1. The van der Waals surface area contributed by atoms with Crippen LogP contribution in [0.15, 0.2) is 36.4 Å². The van der Waals surface area contributed by atoms with Crippen molar-refractivity contribution in [1.82, 2.24) is 35.0 Å². The number of imidazole rings is 1. The predicted octanol–water partition coefficient (Wildman–Crippen LogP) is 6.14. The van der Waals surface area contributed by atoms with E-state index in [0.717, 1.165) is 6.42 Å². The fraction of sp³-hybridized carbons (Fsp3) is 0.525. The average molecular weight is 780 g/mol. The SMILES string of the molecule is CC[C@H](NC(=O)OC(C)(C)C)C(=O)N1C[C@@H](F)C[C@H]1Cc1c(-c2nc3cc(F)ccc3n2C[C@@H]2[C@H]3C[C@H]3CN2C(=O)[C@H](CC)NC(=O)O)[nH]c2cc(F)ccc12. The number of aromatic nitrogens is 3. The molecule has 7 rings (SSSR count). The Balaban J connectivity index is 1.27. The number of nitrogens with one attached hydrogen (secondary N) is 3. The third kappa shape index (κ3) is 7.74. The fourth-order valence-electron chi connectivity index (χ4n) is 8.59. The fourth-order valence-corrected chi connectivity index (χ4v) is 8.59. The van der Waals surface area contributed by atoms with Gasteiger partial charge in [0.2, 0.25) is 11.8 Å². The van der Waals surface area contributed by atoms with Gasteiger partial charge in [0, 0.05) is 42.5 Å². The Hall–Kier alpha value is -5.28. The Morgan fingerprint density at radius 1 is 0.964 bits per heavy atom. The minimum atomic E-state index is -1.33. The van der Waals surface area contributed by atoms with Gasteiger partial charge >= 0.3 is 12.2 Å². The number of nitrogens with zero attached hydrogens (tertiary/aromatic N) is 4. The highest BCUT2D eigenvalue weighted by Gasteiger charge is 2.55. The number of H-pyrrole nitrogens is 1. The van der Waals surface area contributed by atoms with Gasteiger partial charge < -0.3 is 39.8 Å². The van der Waals surface area contributed by atoms with Gasteiger partial charge in [0.1, 0.15) is 35.5 Å². The number of ether oxygens (including phenoxy) is 1. The van der Waals surface area contributed by atoms with Crippen molar-refractivity contribution in [2.45, 2.75) is 109 Å². The molecule has 4 heterocycles. The summed E-state index contributed by atoms with van der Waals surface area (Å²) in [6.07, 6.45) is -1.79. The number of likely N-dealkylation sites (tertiary alicyclic amines) is 2. The summed E-state index contributed by atoms with van der Waals surface area (Å²) in [5.41, 5.74) is 1.69. The van der Waals surface area contributed by atoms with Crippen LogP contribution in [-0.4, -0.2) is 102 Å². The Morgan fingerprint density at radius 3 is 2.34 bits per heavy atom. The second-order valence-electron chi connectivity index (χ2n) is 16.3. The zero-order valence-electron chi connectivity index (χ0n) is 32.1. The highest BCUT2D eigenvalue weighted by Crippen LogP contribution is 2.51. The van der Waals surface area contributed by atoms with Crippen LogP contribution in [-0.2, 0) is 27.3 Å². The number of fused-ring (bicyclic) bond motifs is 3. The van der Waals surface area contributed by atoms with Gasteiger partial charge in [-0.1, -0.05) is 13.8 Å². The van der Waals surface area contributed by atoms with Gasteiger partial charge in [0.15, 0.2) is 5.82 Å². The molecule has 4 N–H and O–H groups in total. The Morgan fingerprint density at radius 2 is 1.64 bits per heavy atom. The lowest BCUT2D eigenvalue weighted by molar-refractivity contribution is -0.135. The molecule has 7 atom stereocenters. The van der Waals surface area contributed by atoms with Gasteiger partial charge in [0.05, 0.1) is 29.3 Å². The predicted molar refractivity (Wildman–Crippen MR) is 201 cm³/mol. The van der Waals surface area contributed by atoms with Crippen molar-refractivity contribution in [3.05, 3.63) is 53.6 Å². The molecule has 300 valence electrons. The number of piperidine rings is 1. The van der Waals surface area contributed by atoms with Crippen LogP contribution in [0.4, 0.5) is 22.8 Å². The molecule has 2 aromatic carbocycles. The minimum Gasteiger partial charge on any atom is -0.465 e. The Kier molecular flexibility index (Phi) is 10.4. The number of amides is 4. The summed E-state index contributed by atoms with van der Waals surface area (Å²) in [7, 11) is 0. The van der Waals surface area contributed by atoms with Gasteiger partial charge in [-0.2, -0.15) is 0 Å². The van der Waals surface area contributed by atoms with Gasteiger partial charge in [-0.3, -0.25) is 9.59 Å². The number of hydrogen-bond acceptors (Lipinski definition) is 6. The van der Waals surface area contributed by atoms with E-state index in [2.05, 4.69) is 15.6 Å². The molecular weight excluding hydrogens is 731 g/mol. The molecule has 2 aromatic heterocycles. The molecule has 0 radical (unpaired) electrons. The Bertz CT molecular complexity index is 2180. The van der Waals surface area contributed by atoms with Gasteiger partial charge in [0.25, 0.3) is 0 Å². The van der Waals surface area contributed by atoms with Crippen LogP contribution in [0.3, 0.4) is 0 Å². The number of carboxylic acid groups (broad SMARTS) is 1. The number of halogens is 3. The van der Waals surface area contributed by atoms with E-state index < -0.39 is 59.6 Å². The van der Waals surface area contributed by atoms with Crippen LogP contribution in [0.1, 0.15) is 65.9 Å². The summed E-state index contributed by atoms with van der Waals surface area (Å²) in [6.45, 7) is 9.18. The van der Waals surface area contributed by atoms with Crippen molar-refractivity contribution in [3.8, 4) is 11.5 Å². The number of alkyl carbamates (subject to hydrolysis) is 1. The first kappa shape index (κ1) is 39.0. The molecule has 2 aliphatic heterocycles. The highest BCUT2D eigenvalue weighted by atomic mass is 19.1. The van der Waals surface area contributed by atoms with Gasteiger partial charge in [-0.15, -0.1) is 0 Å². The van der Waals surface area contributed by atoms with E-state index in [9.17, 15) is 33.1 Å². The number of aromatic amines is 1. The van der Waals surface area contributed by atoms with Crippen molar-refractivity contribution >= 4 is 45.9 Å². The lowest BCUT2D eigenvalue weighted by Crippen LogP contribution is -2.51. The third-order valence-corrected chi connectivity index (χ3v) is 11.2. The molecule has 1 saturated carbocycles. The maximum absolute atomic E-state index is 15.3. The highest BCUT2D eigenvalue weighted by molar-refractivity contribution is 5.92. The molecule has 4 aromatic rings. The largest absolute Gasteiger partial charge is 0.465 e. The summed E-state index contributed by atoms with van der Waals surface area (Å²) >= 11 is 0. The quantitative estimate of drug-likeness (QED) is 0.142. The molecule has 3 aliphatic rings. The Labute approximate surface area is 321 Å². The molecule has 16 heteroatoms. The first-order valence-electron chi connectivity index (χ1n) is 19.2. The molecular formula is C40H48F3N7O6. The number of alkyl halides is 1. The van der Waals surface area contributed by atoms with Crippen LogP contribution in [0.2, 0.25) is 0 Å². The number of carbonyl (C=O) groups excluding carboxylic acids is 3. The summed E-state index contributed by atoms with van der Waals surface area (Å²) < 4.78 is 52.1. The molecule has 0 unspecified atom stereocenters. The standard InChI is InChI=1S/C40H48F3N7O6/c1-6-28(46-38(53)54)37(52)50-17-20-12-26(20)33(50)19-49-32-11-9-22(42)15-31(32)45-35(49)34-27(25-10-8-21(41)14-30(25)44-34)16-24-13-23(43)18-48(24)36(51)29(7-2)47-39(55)56-40(3,4)5/h8-11,14-15,20,23-24,26,28-29,33,44,46H,6-7,12-13,16-19H2,1-5H3,(H,47,55)(H,53,54)/t20-,23-,24-,26-,28-,29-,33+/m0/s1. The molecule has 4 amide bonds. The maximum atomic E-state index is 15.3. The van der Waals surface area contributed by atoms with E-state index in [0.29, 0.717) is 45.6 Å². The van der Waals surface area contributed by atoms with Gasteiger partial charge in [-0.25, -0.2) is 27.7 Å². The van der Waals surface area contributed by atoms with Crippen LogP contribution in [0, 0.1) is 23.5 Å². The molecule has 13 nitrogen and oxygen atoms in total. The van der Waals surface area contributed by atoms with Crippen molar-refractivity contribution in [3.63, 3.8) is 0 Å². The third-order valence-electron chi connectivity index (χ3n) is 11.2. The number of rotatable bonds is 11. The maximum Gasteiger partial charge on any atom is 0.408 e. The summed E-state index contributed by atoms with van der Waals surface area (Å²) in [5.74, 6) is -0.940. The van der Waals surface area contributed by atoms with Crippen LogP contribution >= 0.6 is 0 Å². The normalized spacial score (nSPS) is 23.0. The number of hydrogen-bond donors (Lipinski definition) is 4. The molecule has 1 aliphatic carbocycles. The van der Waals surface area contributed by atoms with Crippen LogP contribution in [0.5, 0.6) is 0 Å². The molecule has 0 spiro atoms. The topological polar surface area (TPSA) is 162 Å². The van der Waals surface area contributed by atoms with Crippen molar-refractivity contribution < 1.29 is 42.2 Å². The average Bonchev–Trinajstić information content (AvgIpc) is 3.35. The summed E-state index contributed by atoms with van der Waals surface area (Å²) in [4.78, 5) is 63.3. The molecule has 0 bridgehead atoms. The number of carbonyl (C=O) groups is 4. The second kappa shape index (κ2) is 15.0. The summed E-state index contributed by atoms with van der Waals surface area (Å²) in [5, 5.41) is 15.0. The molecule has 3 fully saturated rings. The monoisotopic (exact) mass is 779 g/mol. The van der Waals surface area contributed by atoms with Crippen molar-refractivity contribution in [2.24, 2.45) is 11.8 Å². The van der Waals surface area contributed by atoms with Crippen molar-refractivity contribution in [2.75, 3.05) is 13.1 Å². The van der Waals surface area contributed by atoms with E-state index in [-0.39, 0.29) is 62.6 Å². The van der Waals surface area contributed by atoms with E-state index in [1.807, 2.05) is 4.57 Å². The zero-order chi connectivity index (χ0) is 40.2. The second-order valence-corrected chi connectivity index (χ2v) is 16.3. The van der Waals surface area contributed by atoms with Crippen LogP contribution in [0.25, 0.3) is 33.5 Å². The first-order valence-corrected chi connectivity index (χ1v) is 19.2. The van der Waals surface area contributed by atoms with E-state index in [1.165, 1.54) is 29.2 Å². The number of benzene rings is 2. The molecule has 56 heavy (non-hydrogen) atoms. The van der Waals surface area contributed by atoms with E-state index in [1.54, 1.807) is 51.7 Å². The van der Waals surface area contributed by atoms with Crippen LogP contribution < -0.4 is 10.6 Å². The van der Waals surface area contributed by atoms with E-state index in [4.69, 9.17) is 9.72 Å². The molecule has 2 saturated heterocycles. The smallest absolute Gasteiger partial charge is 0.408 e. The summed E-state index contributed by atoms with van der Waals surface area (Å²) in [6, 6.07) is 5.69. The van der Waals surface area contributed by atoms with Crippen molar-refractivity contribution in [1.29, 1.82) is 0 Å². The lowest BCUT2D eigenvalue weighted by atomic mass is 9.99. The van der Waals surface area contributed by atoms with Gasteiger partial charge in [-0.05, 0) is 94.2 Å². The van der Waals surface area contributed by atoms with E-state index >= 15 is 4.39 Å². The lowest BCUT2D eigenvalue weighted by Gasteiger charge is -2.31. The minimum absolute atomic E-state index is 0.0226.